The maximum absolute atomic E-state index is 12.8. The summed E-state index contributed by atoms with van der Waals surface area (Å²) in [5.41, 5.74) is -1.95. The van der Waals surface area contributed by atoms with E-state index < -0.39 is 23.3 Å². The maximum Gasteiger partial charge on any atom is 0.416 e. The highest BCUT2D eigenvalue weighted by atomic mass is 79.9. The molecule has 1 N–H and O–H groups in total. The van der Waals surface area contributed by atoms with Gasteiger partial charge >= 0.3 is 11.8 Å². The Morgan fingerprint density at radius 2 is 1.81 bits per heavy atom. The first-order valence-electron chi connectivity index (χ1n) is 7.06. The summed E-state index contributed by atoms with van der Waals surface area (Å²) in [6.45, 7) is 0. The molecule has 1 aromatic heterocycles. The number of carbonyl (C=O) groups is 1. The van der Waals surface area contributed by atoms with Crippen molar-refractivity contribution < 1.29 is 22.4 Å². The molecule has 0 spiro atoms. The third-order valence-electron chi connectivity index (χ3n) is 3.44. The van der Waals surface area contributed by atoms with E-state index >= 15 is 0 Å². The number of nitrogens with one attached hydrogen (secondary N) is 1. The van der Waals surface area contributed by atoms with Crippen LogP contribution in [0.2, 0.25) is 0 Å². The van der Waals surface area contributed by atoms with Gasteiger partial charge in [0.1, 0.15) is 5.56 Å². The van der Waals surface area contributed by atoms with Gasteiger partial charge in [0.2, 0.25) is 0 Å². The summed E-state index contributed by atoms with van der Waals surface area (Å²) in [5.74, 6) is -0.865. The van der Waals surface area contributed by atoms with Gasteiger partial charge in [-0.15, -0.1) is 0 Å². The molecule has 1 amide bonds. The predicted molar refractivity (Wildman–Crippen MR) is 97.3 cm³/mol. The molecule has 3 aromatic rings. The fourth-order valence-electron chi connectivity index (χ4n) is 2.29. The van der Waals surface area contributed by atoms with Crippen LogP contribution in [0.1, 0.15) is 15.9 Å². The Hall–Kier alpha value is -2.13. The van der Waals surface area contributed by atoms with Crippen molar-refractivity contribution in [3.63, 3.8) is 0 Å². The molecule has 0 radical (unpaired) electrons. The van der Waals surface area contributed by atoms with Crippen molar-refractivity contribution in [3.05, 3.63) is 73.0 Å². The van der Waals surface area contributed by atoms with Gasteiger partial charge in [-0.25, -0.2) is 4.79 Å². The third-order valence-corrected chi connectivity index (χ3v) is 4.49. The molecule has 0 bridgehead atoms. The zero-order valence-corrected chi connectivity index (χ0v) is 15.8. The van der Waals surface area contributed by atoms with Gasteiger partial charge in [-0.3, -0.25) is 4.79 Å². The van der Waals surface area contributed by atoms with E-state index in [9.17, 15) is 22.8 Å². The van der Waals surface area contributed by atoms with Crippen molar-refractivity contribution in [1.29, 1.82) is 0 Å². The molecule has 1 heterocycles. The summed E-state index contributed by atoms with van der Waals surface area (Å²) in [7, 11) is 0. The van der Waals surface area contributed by atoms with E-state index in [1.165, 1.54) is 12.1 Å². The molecule has 0 aliphatic rings. The van der Waals surface area contributed by atoms with Crippen LogP contribution in [-0.2, 0) is 6.18 Å². The van der Waals surface area contributed by atoms with E-state index in [2.05, 4.69) is 37.2 Å². The minimum Gasteiger partial charge on any atom is -0.421 e. The summed E-state index contributed by atoms with van der Waals surface area (Å²) in [6.07, 6.45) is -4.54. The topological polar surface area (TPSA) is 59.3 Å². The lowest BCUT2D eigenvalue weighted by atomic mass is 10.1. The molecule has 134 valence electrons. The average molecular weight is 491 g/mol. The number of fused-ring (bicyclic) bond motifs is 1. The molecule has 0 fully saturated rings. The molecule has 0 aliphatic heterocycles. The Bertz CT molecular complexity index is 1080. The largest absolute Gasteiger partial charge is 0.421 e. The molecule has 0 aliphatic carbocycles. The second kappa shape index (κ2) is 6.88. The van der Waals surface area contributed by atoms with Gasteiger partial charge in [-0.1, -0.05) is 22.0 Å². The van der Waals surface area contributed by atoms with Gasteiger partial charge in [0, 0.05) is 15.5 Å². The third kappa shape index (κ3) is 3.83. The number of anilines is 1. The Labute approximate surface area is 161 Å². The summed E-state index contributed by atoms with van der Waals surface area (Å²) in [6, 6.07) is 8.76. The molecular formula is C17H8Br2F3NO3. The van der Waals surface area contributed by atoms with Gasteiger partial charge in [-0.05, 0) is 52.3 Å². The number of rotatable bonds is 2. The number of amides is 1. The number of carbonyl (C=O) groups excluding carboxylic acids is 1. The van der Waals surface area contributed by atoms with E-state index in [1.807, 2.05) is 0 Å². The molecule has 0 unspecified atom stereocenters. The lowest BCUT2D eigenvalue weighted by Crippen LogP contribution is -2.21. The maximum atomic E-state index is 12.8. The smallest absolute Gasteiger partial charge is 0.416 e. The van der Waals surface area contributed by atoms with Gasteiger partial charge in [0.15, 0.2) is 5.58 Å². The van der Waals surface area contributed by atoms with Crippen LogP contribution in [-0.4, -0.2) is 5.91 Å². The number of halogens is 5. The zero-order valence-electron chi connectivity index (χ0n) is 12.7. The molecule has 26 heavy (non-hydrogen) atoms. The molecule has 4 nitrogen and oxygen atoms in total. The molecule has 3 rings (SSSR count). The number of hydrogen-bond acceptors (Lipinski definition) is 3. The highest BCUT2D eigenvalue weighted by Gasteiger charge is 2.30. The van der Waals surface area contributed by atoms with Crippen LogP contribution in [0.25, 0.3) is 11.0 Å². The predicted octanol–water partition coefficient (Wildman–Crippen LogP) is 5.59. The van der Waals surface area contributed by atoms with Crippen LogP contribution in [0.3, 0.4) is 0 Å². The Morgan fingerprint density at radius 3 is 2.50 bits per heavy atom. The first-order valence-corrected chi connectivity index (χ1v) is 8.65. The van der Waals surface area contributed by atoms with Crippen LogP contribution < -0.4 is 10.9 Å². The number of hydrogen-bond donors (Lipinski definition) is 1. The highest BCUT2D eigenvalue weighted by Crippen LogP contribution is 2.31. The standard InChI is InChI=1S/C17H8Br2F3NO3/c18-10-4-8-5-12(16(25)26-14(8)13(19)7-10)15(24)23-11-3-1-2-9(6-11)17(20,21)22/h1-7H,(H,23,24). The van der Waals surface area contributed by atoms with Crippen LogP contribution >= 0.6 is 31.9 Å². The SMILES string of the molecule is O=C(Nc1cccc(C(F)(F)F)c1)c1cc2cc(Br)cc(Br)c2oc1=O. The Kier molecular flexibility index (Phi) is 4.94. The van der Waals surface area contributed by atoms with E-state index in [4.69, 9.17) is 4.42 Å². The summed E-state index contributed by atoms with van der Waals surface area (Å²) in [4.78, 5) is 24.4. The highest BCUT2D eigenvalue weighted by molar-refractivity contribution is 9.11. The molecule has 9 heteroatoms. The second-order valence-corrected chi connectivity index (χ2v) is 7.06. The molecular weight excluding hydrogens is 483 g/mol. The summed E-state index contributed by atoms with van der Waals surface area (Å²) in [5, 5.41) is 2.76. The summed E-state index contributed by atoms with van der Waals surface area (Å²) < 4.78 is 44.6. The monoisotopic (exact) mass is 489 g/mol. The van der Waals surface area contributed by atoms with E-state index in [-0.39, 0.29) is 16.8 Å². The minimum absolute atomic E-state index is 0.0836. The lowest BCUT2D eigenvalue weighted by molar-refractivity contribution is -0.137. The fraction of sp³-hybridized carbons (Fsp3) is 0.0588. The Balaban J connectivity index is 1.98. The van der Waals surface area contributed by atoms with Gasteiger partial charge < -0.3 is 9.73 Å². The van der Waals surface area contributed by atoms with Crippen molar-refractivity contribution in [3.8, 4) is 0 Å². The summed E-state index contributed by atoms with van der Waals surface area (Å²) >= 11 is 6.54. The molecule has 2 aromatic carbocycles. The molecule has 0 atom stereocenters. The first kappa shape index (κ1) is 18.7. The van der Waals surface area contributed by atoms with E-state index in [0.717, 1.165) is 18.2 Å². The minimum atomic E-state index is -4.54. The van der Waals surface area contributed by atoms with E-state index in [0.29, 0.717) is 14.3 Å². The molecule has 0 saturated heterocycles. The zero-order chi connectivity index (χ0) is 19.1. The quantitative estimate of drug-likeness (QED) is 0.476. The van der Waals surface area contributed by atoms with Gasteiger partial charge in [0.05, 0.1) is 10.0 Å². The number of alkyl halides is 3. The van der Waals surface area contributed by atoms with Gasteiger partial charge in [0.25, 0.3) is 5.91 Å². The van der Waals surface area contributed by atoms with Crippen molar-refractivity contribution in [2.75, 3.05) is 5.32 Å². The van der Waals surface area contributed by atoms with Crippen LogP contribution in [0.4, 0.5) is 18.9 Å². The van der Waals surface area contributed by atoms with Crippen LogP contribution in [0.15, 0.2) is 60.6 Å². The fourth-order valence-corrected chi connectivity index (χ4v) is 3.63. The van der Waals surface area contributed by atoms with Crippen molar-refractivity contribution in [1.82, 2.24) is 0 Å². The van der Waals surface area contributed by atoms with Crippen LogP contribution in [0.5, 0.6) is 0 Å². The second-order valence-electron chi connectivity index (χ2n) is 5.29. The normalized spacial score (nSPS) is 11.6. The van der Waals surface area contributed by atoms with E-state index in [1.54, 1.807) is 12.1 Å². The van der Waals surface area contributed by atoms with Gasteiger partial charge in [-0.2, -0.15) is 13.2 Å². The Morgan fingerprint density at radius 1 is 1.08 bits per heavy atom. The van der Waals surface area contributed by atoms with Crippen molar-refractivity contribution in [2.24, 2.45) is 0 Å². The first-order chi connectivity index (χ1) is 12.1. The van der Waals surface area contributed by atoms with Crippen molar-refractivity contribution >= 4 is 54.4 Å². The number of benzene rings is 2. The average Bonchev–Trinajstić information content (AvgIpc) is 2.54. The van der Waals surface area contributed by atoms with Crippen LogP contribution in [0, 0.1) is 0 Å². The van der Waals surface area contributed by atoms with Crippen molar-refractivity contribution in [2.45, 2.75) is 6.18 Å². The lowest BCUT2D eigenvalue weighted by Gasteiger charge is -2.10. The molecule has 0 saturated carbocycles.